The maximum Gasteiger partial charge on any atom is 0.142 e. The summed E-state index contributed by atoms with van der Waals surface area (Å²) in [7, 11) is 3.27. The second kappa shape index (κ2) is 7.11. The maximum atomic E-state index is 9.31. The molecule has 0 aliphatic heterocycles. The Hall–Kier alpha value is -1.42. The fourth-order valence-electron chi connectivity index (χ4n) is 1.70. The minimum absolute atomic E-state index is 0.178. The SMILES string of the molecule is COc1ccc(OC)c(NCC(CO)C(C)C)c1. The monoisotopic (exact) mass is 253 g/mol. The summed E-state index contributed by atoms with van der Waals surface area (Å²) in [5, 5.41) is 12.6. The van der Waals surface area contributed by atoms with E-state index in [1.165, 1.54) is 0 Å². The predicted octanol–water partition coefficient (Wildman–Crippen LogP) is 2.38. The van der Waals surface area contributed by atoms with Gasteiger partial charge in [0.05, 0.1) is 19.9 Å². The number of hydrogen-bond donors (Lipinski definition) is 2. The first-order chi connectivity index (χ1) is 8.62. The second-order valence-corrected chi connectivity index (χ2v) is 4.63. The number of anilines is 1. The Kier molecular flexibility index (Phi) is 5.78. The van der Waals surface area contributed by atoms with E-state index in [1.807, 2.05) is 18.2 Å². The Bertz CT molecular complexity index is 366. The number of rotatable bonds is 7. The number of aliphatic hydroxyl groups is 1. The van der Waals surface area contributed by atoms with Crippen LogP contribution in [0.25, 0.3) is 0 Å². The molecule has 0 amide bonds. The molecule has 0 spiro atoms. The highest BCUT2D eigenvalue weighted by Gasteiger charge is 2.13. The summed E-state index contributed by atoms with van der Waals surface area (Å²) in [4.78, 5) is 0. The predicted molar refractivity (Wildman–Crippen MR) is 73.4 cm³/mol. The molecule has 4 nitrogen and oxygen atoms in total. The molecule has 0 saturated carbocycles. The van der Waals surface area contributed by atoms with Gasteiger partial charge in [0.1, 0.15) is 11.5 Å². The molecule has 102 valence electrons. The van der Waals surface area contributed by atoms with Crippen molar-refractivity contribution in [2.45, 2.75) is 13.8 Å². The third-order valence-electron chi connectivity index (χ3n) is 3.14. The lowest BCUT2D eigenvalue weighted by Gasteiger charge is -2.20. The standard InChI is InChI=1S/C14H23NO3/c1-10(2)11(9-16)8-15-13-7-12(17-3)5-6-14(13)18-4/h5-7,10-11,15-16H,8-9H2,1-4H3. The van der Waals surface area contributed by atoms with E-state index < -0.39 is 0 Å². The highest BCUT2D eigenvalue weighted by Crippen LogP contribution is 2.29. The first kappa shape index (κ1) is 14.6. The summed E-state index contributed by atoms with van der Waals surface area (Å²) >= 11 is 0. The molecule has 0 bridgehead atoms. The van der Waals surface area contributed by atoms with Gasteiger partial charge < -0.3 is 19.9 Å². The van der Waals surface area contributed by atoms with Crippen LogP contribution in [0.4, 0.5) is 5.69 Å². The third-order valence-corrected chi connectivity index (χ3v) is 3.14. The maximum absolute atomic E-state index is 9.31. The minimum atomic E-state index is 0.178. The van der Waals surface area contributed by atoms with Gasteiger partial charge in [0.2, 0.25) is 0 Å². The number of nitrogens with one attached hydrogen (secondary N) is 1. The molecule has 1 aromatic rings. The van der Waals surface area contributed by atoms with E-state index in [1.54, 1.807) is 14.2 Å². The van der Waals surface area contributed by atoms with Gasteiger partial charge in [-0.1, -0.05) is 13.8 Å². The van der Waals surface area contributed by atoms with E-state index in [0.29, 0.717) is 12.5 Å². The van der Waals surface area contributed by atoms with Crippen molar-refractivity contribution in [3.8, 4) is 11.5 Å². The number of methoxy groups -OCH3 is 2. The van der Waals surface area contributed by atoms with Crippen LogP contribution in [0.2, 0.25) is 0 Å². The first-order valence-corrected chi connectivity index (χ1v) is 6.19. The topological polar surface area (TPSA) is 50.7 Å². The molecule has 0 heterocycles. The molecule has 0 fully saturated rings. The van der Waals surface area contributed by atoms with Crippen molar-refractivity contribution < 1.29 is 14.6 Å². The van der Waals surface area contributed by atoms with Crippen molar-refractivity contribution in [3.63, 3.8) is 0 Å². The lowest BCUT2D eigenvalue weighted by atomic mass is 9.97. The summed E-state index contributed by atoms with van der Waals surface area (Å²) in [5.41, 5.74) is 0.885. The number of ether oxygens (including phenoxy) is 2. The van der Waals surface area contributed by atoms with Crippen LogP contribution in [0.5, 0.6) is 11.5 Å². The van der Waals surface area contributed by atoms with Gasteiger partial charge in [-0.15, -0.1) is 0 Å². The highest BCUT2D eigenvalue weighted by atomic mass is 16.5. The number of benzene rings is 1. The molecule has 18 heavy (non-hydrogen) atoms. The van der Waals surface area contributed by atoms with E-state index >= 15 is 0 Å². The van der Waals surface area contributed by atoms with Gasteiger partial charge in [-0.25, -0.2) is 0 Å². The van der Waals surface area contributed by atoms with Crippen LogP contribution in [0.15, 0.2) is 18.2 Å². The lowest BCUT2D eigenvalue weighted by Crippen LogP contribution is -2.23. The molecule has 2 N–H and O–H groups in total. The molecular weight excluding hydrogens is 230 g/mol. The van der Waals surface area contributed by atoms with Gasteiger partial charge >= 0.3 is 0 Å². The van der Waals surface area contributed by atoms with Crippen LogP contribution >= 0.6 is 0 Å². The van der Waals surface area contributed by atoms with E-state index in [9.17, 15) is 5.11 Å². The summed E-state index contributed by atoms with van der Waals surface area (Å²) in [6.45, 7) is 5.09. The van der Waals surface area contributed by atoms with Gasteiger partial charge in [-0.3, -0.25) is 0 Å². The molecule has 0 radical (unpaired) electrons. The lowest BCUT2D eigenvalue weighted by molar-refractivity contribution is 0.198. The van der Waals surface area contributed by atoms with Crippen LogP contribution in [0.1, 0.15) is 13.8 Å². The van der Waals surface area contributed by atoms with Crippen LogP contribution < -0.4 is 14.8 Å². The van der Waals surface area contributed by atoms with Crippen LogP contribution in [-0.2, 0) is 0 Å². The normalized spacial score (nSPS) is 12.3. The zero-order chi connectivity index (χ0) is 13.5. The van der Waals surface area contributed by atoms with E-state index in [2.05, 4.69) is 19.2 Å². The zero-order valence-corrected chi connectivity index (χ0v) is 11.6. The minimum Gasteiger partial charge on any atom is -0.497 e. The van der Waals surface area contributed by atoms with Crippen molar-refractivity contribution in [2.24, 2.45) is 11.8 Å². The van der Waals surface area contributed by atoms with Crippen molar-refractivity contribution in [2.75, 3.05) is 32.7 Å². The smallest absolute Gasteiger partial charge is 0.142 e. The Morgan fingerprint density at radius 3 is 2.44 bits per heavy atom. The number of aliphatic hydroxyl groups excluding tert-OH is 1. The average Bonchev–Trinajstić information content (AvgIpc) is 2.38. The number of hydrogen-bond acceptors (Lipinski definition) is 4. The summed E-state index contributed by atoms with van der Waals surface area (Å²) in [5.74, 6) is 2.21. The third kappa shape index (κ3) is 3.81. The van der Waals surface area contributed by atoms with Crippen molar-refractivity contribution in [1.82, 2.24) is 0 Å². The fraction of sp³-hybridized carbons (Fsp3) is 0.571. The average molecular weight is 253 g/mol. The van der Waals surface area contributed by atoms with Crippen molar-refractivity contribution in [1.29, 1.82) is 0 Å². The van der Waals surface area contributed by atoms with Crippen molar-refractivity contribution in [3.05, 3.63) is 18.2 Å². The molecule has 1 unspecified atom stereocenters. The molecular formula is C14H23NO3. The molecule has 4 heteroatoms. The van der Waals surface area contributed by atoms with Gasteiger partial charge in [-0.05, 0) is 18.1 Å². The highest BCUT2D eigenvalue weighted by molar-refractivity contribution is 5.59. The molecule has 0 aliphatic rings. The quantitative estimate of drug-likeness (QED) is 0.783. The second-order valence-electron chi connectivity index (χ2n) is 4.63. The molecule has 1 rings (SSSR count). The van der Waals surface area contributed by atoms with Crippen LogP contribution in [-0.4, -0.2) is 32.5 Å². The van der Waals surface area contributed by atoms with Gasteiger partial charge in [0.25, 0.3) is 0 Å². The molecule has 0 saturated heterocycles. The molecule has 1 aromatic carbocycles. The molecule has 1 atom stereocenters. The summed E-state index contributed by atoms with van der Waals surface area (Å²) in [6.07, 6.45) is 0. The van der Waals surface area contributed by atoms with Gasteiger partial charge in [-0.2, -0.15) is 0 Å². The van der Waals surface area contributed by atoms with E-state index in [0.717, 1.165) is 17.2 Å². The summed E-state index contributed by atoms with van der Waals surface area (Å²) in [6, 6.07) is 5.62. The molecule has 0 aliphatic carbocycles. The van der Waals surface area contributed by atoms with Crippen LogP contribution in [0, 0.1) is 11.8 Å². The first-order valence-electron chi connectivity index (χ1n) is 6.19. The Labute approximate surface area is 109 Å². The van der Waals surface area contributed by atoms with E-state index in [-0.39, 0.29) is 12.5 Å². The summed E-state index contributed by atoms with van der Waals surface area (Å²) < 4.78 is 10.5. The van der Waals surface area contributed by atoms with Crippen LogP contribution in [0.3, 0.4) is 0 Å². The zero-order valence-electron chi connectivity index (χ0n) is 11.6. The van der Waals surface area contributed by atoms with Gasteiger partial charge in [0.15, 0.2) is 0 Å². The fourth-order valence-corrected chi connectivity index (χ4v) is 1.70. The van der Waals surface area contributed by atoms with Gasteiger partial charge in [0, 0.05) is 25.1 Å². The Morgan fingerprint density at radius 1 is 1.22 bits per heavy atom. The molecule has 0 aromatic heterocycles. The Balaban J connectivity index is 2.75. The van der Waals surface area contributed by atoms with E-state index in [4.69, 9.17) is 9.47 Å². The Morgan fingerprint density at radius 2 is 1.94 bits per heavy atom. The largest absolute Gasteiger partial charge is 0.497 e. The van der Waals surface area contributed by atoms with Crippen molar-refractivity contribution >= 4 is 5.69 Å².